The van der Waals surface area contributed by atoms with Crippen molar-refractivity contribution in [3.8, 4) is 0 Å². The van der Waals surface area contributed by atoms with E-state index in [0.717, 1.165) is 30.2 Å². The summed E-state index contributed by atoms with van der Waals surface area (Å²) < 4.78 is 5.60. The molecular formula is C15H21NO. The highest BCUT2D eigenvalue weighted by Crippen LogP contribution is 2.13. The molecule has 0 atom stereocenters. The third-order valence-corrected chi connectivity index (χ3v) is 2.47. The Bertz CT molecular complexity index is 431. The summed E-state index contributed by atoms with van der Waals surface area (Å²) in [5.41, 5.74) is 2.31. The predicted octanol–water partition coefficient (Wildman–Crippen LogP) is 4.16. The van der Waals surface area contributed by atoms with Crippen molar-refractivity contribution >= 4 is 0 Å². The molecule has 0 saturated carbocycles. The van der Waals surface area contributed by atoms with E-state index in [0.29, 0.717) is 0 Å². The maximum absolute atomic E-state index is 5.60. The molecule has 2 rings (SSSR count). The maximum atomic E-state index is 5.60. The van der Waals surface area contributed by atoms with Gasteiger partial charge < -0.3 is 4.42 Å². The van der Waals surface area contributed by atoms with Crippen molar-refractivity contribution in [3.05, 3.63) is 53.2 Å². The average molecular weight is 231 g/mol. The monoisotopic (exact) mass is 231 g/mol. The van der Waals surface area contributed by atoms with E-state index in [1.54, 1.807) is 0 Å². The number of oxazole rings is 1. The fourth-order valence-electron chi connectivity index (χ4n) is 1.66. The number of hydrogen-bond donors (Lipinski definition) is 0. The fraction of sp³-hybridized carbons (Fsp3) is 0.400. The molecule has 17 heavy (non-hydrogen) atoms. The number of hydrogen-bond acceptors (Lipinski definition) is 2. The minimum absolute atomic E-state index is 0.779. The molecule has 0 bridgehead atoms. The average Bonchev–Trinajstić information content (AvgIpc) is 2.73. The van der Waals surface area contributed by atoms with E-state index in [1.165, 1.54) is 5.56 Å². The van der Waals surface area contributed by atoms with Crippen molar-refractivity contribution < 1.29 is 4.42 Å². The molecule has 0 radical (unpaired) electrons. The largest absolute Gasteiger partial charge is 0.445 e. The first kappa shape index (κ1) is 13.5. The third kappa shape index (κ3) is 3.74. The van der Waals surface area contributed by atoms with Crippen molar-refractivity contribution in [1.29, 1.82) is 0 Å². The number of nitrogens with zero attached hydrogens (tertiary/aromatic N) is 1. The second kappa shape index (κ2) is 6.89. The van der Waals surface area contributed by atoms with Gasteiger partial charge in [-0.2, -0.15) is 0 Å². The minimum atomic E-state index is 0.779. The lowest BCUT2D eigenvalue weighted by Gasteiger charge is -1.95. The van der Waals surface area contributed by atoms with Gasteiger partial charge in [0.2, 0.25) is 0 Å². The maximum Gasteiger partial charge on any atom is 0.199 e. The van der Waals surface area contributed by atoms with E-state index in [2.05, 4.69) is 24.0 Å². The van der Waals surface area contributed by atoms with Gasteiger partial charge in [-0.1, -0.05) is 51.1 Å². The second-order valence-corrected chi connectivity index (χ2v) is 3.63. The highest BCUT2D eigenvalue weighted by molar-refractivity contribution is 5.19. The molecule has 0 spiro atoms. The van der Waals surface area contributed by atoms with Gasteiger partial charge in [-0.3, -0.25) is 0 Å². The van der Waals surface area contributed by atoms with Gasteiger partial charge in [-0.15, -0.1) is 0 Å². The lowest BCUT2D eigenvalue weighted by atomic mass is 10.1. The standard InChI is InChI=1S/C13H15NO.C2H6/c1-3-12-10(2)15-13(14-12)9-11-7-5-4-6-8-11;1-2/h4-8H,3,9H2,1-2H3;1-2H3. The van der Waals surface area contributed by atoms with Crippen LogP contribution in [0, 0.1) is 6.92 Å². The molecule has 0 amide bonds. The molecule has 0 N–H and O–H groups in total. The fourth-order valence-corrected chi connectivity index (χ4v) is 1.66. The summed E-state index contributed by atoms with van der Waals surface area (Å²) in [6, 6.07) is 10.3. The van der Waals surface area contributed by atoms with E-state index < -0.39 is 0 Å². The second-order valence-electron chi connectivity index (χ2n) is 3.63. The first-order valence-electron chi connectivity index (χ1n) is 6.28. The zero-order chi connectivity index (χ0) is 12.7. The molecule has 2 heteroatoms. The highest BCUT2D eigenvalue weighted by atomic mass is 16.4. The van der Waals surface area contributed by atoms with E-state index >= 15 is 0 Å². The molecule has 0 aliphatic heterocycles. The van der Waals surface area contributed by atoms with Crippen LogP contribution in [0.4, 0.5) is 0 Å². The quantitative estimate of drug-likeness (QED) is 0.792. The first-order valence-corrected chi connectivity index (χ1v) is 6.28. The molecule has 92 valence electrons. The zero-order valence-corrected chi connectivity index (χ0v) is 11.2. The molecule has 1 aromatic carbocycles. The lowest BCUT2D eigenvalue weighted by Crippen LogP contribution is -1.88. The summed E-state index contributed by atoms with van der Waals surface area (Å²) in [6.45, 7) is 8.07. The molecule has 0 saturated heterocycles. The van der Waals surface area contributed by atoms with Gasteiger partial charge >= 0.3 is 0 Å². The summed E-state index contributed by atoms with van der Waals surface area (Å²) in [5, 5.41) is 0. The summed E-state index contributed by atoms with van der Waals surface area (Å²) in [6.07, 6.45) is 1.71. The highest BCUT2D eigenvalue weighted by Gasteiger charge is 2.07. The summed E-state index contributed by atoms with van der Waals surface area (Å²) in [5.74, 6) is 1.76. The molecule has 0 aliphatic carbocycles. The van der Waals surface area contributed by atoms with Crippen molar-refractivity contribution in [2.24, 2.45) is 0 Å². The van der Waals surface area contributed by atoms with E-state index in [-0.39, 0.29) is 0 Å². The molecule has 0 fully saturated rings. The first-order chi connectivity index (χ1) is 8.29. The van der Waals surface area contributed by atoms with Gasteiger partial charge in [0, 0.05) is 6.42 Å². The van der Waals surface area contributed by atoms with Gasteiger partial charge in [-0.05, 0) is 18.9 Å². The van der Waals surface area contributed by atoms with Crippen LogP contribution in [-0.2, 0) is 12.8 Å². The van der Waals surface area contributed by atoms with Crippen LogP contribution in [0.5, 0.6) is 0 Å². The summed E-state index contributed by atoms with van der Waals surface area (Å²) in [7, 11) is 0. The van der Waals surface area contributed by atoms with Crippen LogP contribution in [0.2, 0.25) is 0 Å². The Hall–Kier alpha value is -1.57. The lowest BCUT2D eigenvalue weighted by molar-refractivity contribution is 0.480. The van der Waals surface area contributed by atoms with Crippen LogP contribution >= 0.6 is 0 Å². The Balaban J connectivity index is 0.000000686. The van der Waals surface area contributed by atoms with Crippen molar-refractivity contribution in [2.75, 3.05) is 0 Å². The van der Waals surface area contributed by atoms with Gasteiger partial charge in [-0.25, -0.2) is 4.98 Å². The third-order valence-electron chi connectivity index (χ3n) is 2.47. The number of aryl methyl sites for hydroxylation is 2. The summed E-state index contributed by atoms with van der Waals surface area (Å²) >= 11 is 0. The topological polar surface area (TPSA) is 26.0 Å². The van der Waals surface area contributed by atoms with Gasteiger partial charge in [0.05, 0.1) is 5.69 Å². The van der Waals surface area contributed by atoms with Gasteiger partial charge in [0.1, 0.15) is 5.76 Å². The molecule has 1 aromatic heterocycles. The normalized spacial score (nSPS) is 9.65. The molecule has 0 unspecified atom stereocenters. The molecule has 1 heterocycles. The molecule has 0 aliphatic rings. The van der Waals surface area contributed by atoms with Crippen molar-refractivity contribution in [1.82, 2.24) is 4.98 Å². The molecule has 2 aromatic rings. The zero-order valence-electron chi connectivity index (χ0n) is 11.2. The SMILES string of the molecule is CC.CCc1nc(Cc2ccccc2)oc1C. The minimum Gasteiger partial charge on any atom is -0.445 e. The van der Waals surface area contributed by atoms with Gasteiger partial charge in [0.15, 0.2) is 5.89 Å². The predicted molar refractivity (Wildman–Crippen MR) is 71.2 cm³/mol. The van der Waals surface area contributed by atoms with Crippen LogP contribution in [0.3, 0.4) is 0 Å². The van der Waals surface area contributed by atoms with Gasteiger partial charge in [0.25, 0.3) is 0 Å². The van der Waals surface area contributed by atoms with Crippen molar-refractivity contribution in [2.45, 2.75) is 40.5 Å². The van der Waals surface area contributed by atoms with E-state index in [4.69, 9.17) is 4.42 Å². The van der Waals surface area contributed by atoms with Crippen LogP contribution in [0.1, 0.15) is 43.7 Å². The Labute approximate surface area is 104 Å². The van der Waals surface area contributed by atoms with E-state index in [1.807, 2.05) is 39.0 Å². The number of benzene rings is 1. The van der Waals surface area contributed by atoms with Crippen LogP contribution in [0.25, 0.3) is 0 Å². The van der Waals surface area contributed by atoms with Crippen LogP contribution in [-0.4, -0.2) is 4.98 Å². The smallest absolute Gasteiger partial charge is 0.199 e. The Morgan fingerprint density at radius 1 is 1.12 bits per heavy atom. The number of rotatable bonds is 3. The van der Waals surface area contributed by atoms with Crippen LogP contribution < -0.4 is 0 Å². The van der Waals surface area contributed by atoms with Crippen LogP contribution in [0.15, 0.2) is 34.7 Å². The number of aromatic nitrogens is 1. The van der Waals surface area contributed by atoms with Crippen molar-refractivity contribution in [3.63, 3.8) is 0 Å². The molecule has 2 nitrogen and oxygen atoms in total. The molecular weight excluding hydrogens is 210 g/mol. The Kier molecular flexibility index (Phi) is 5.47. The summed E-state index contributed by atoms with van der Waals surface area (Å²) in [4.78, 5) is 4.46. The Morgan fingerprint density at radius 2 is 1.76 bits per heavy atom. The van der Waals surface area contributed by atoms with E-state index in [9.17, 15) is 0 Å². The Morgan fingerprint density at radius 3 is 2.29 bits per heavy atom.